The van der Waals surface area contributed by atoms with Crippen molar-refractivity contribution in [2.24, 2.45) is 4.99 Å². The number of carbonyl (C=O) groups excluding carboxylic acids is 1. The van der Waals surface area contributed by atoms with Crippen LogP contribution in [0.25, 0.3) is 0 Å². The first kappa shape index (κ1) is 19.9. The van der Waals surface area contributed by atoms with Crippen LogP contribution in [0.1, 0.15) is 20.3 Å². The van der Waals surface area contributed by atoms with E-state index in [2.05, 4.69) is 37.6 Å². The molecule has 7 heteroatoms. The molecule has 0 atom stereocenters. The van der Waals surface area contributed by atoms with Crippen molar-refractivity contribution in [2.45, 2.75) is 26.3 Å². The van der Waals surface area contributed by atoms with Gasteiger partial charge in [0, 0.05) is 57.9 Å². The molecule has 0 saturated carbocycles. The second-order valence-electron chi connectivity index (χ2n) is 6.62. The number of piperazine rings is 1. The zero-order chi connectivity index (χ0) is 18.9. The number of aliphatic imine (C=N–C) groups is 1. The number of ether oxygens (including phenoxy) is 1. The van der Waals surface area contributed by atoms with Gasteiger partial charge in [0.1, 0.15) is 5.75 Å². The molecule has 0 aliphatic carbocycles. The normalized spacial score (nSPS) is 15.2. The minimum atomic E-state index is 0.0623. The molecule has 0 aromatic heterocycles. The second-order valence-corrected chi connectivity index (χ2v) is 6.62. The van der Waals surface area contributed by atoms with Crippen molar-refractivity contribution in [2.75, 3.05) is 51.8 Å². The molecule has 0 unspecified atom stereocenters. The van der Waals surface area contributed by atoms with Gasteiger partial charge in [-0.1, -0.05) is 0 Å². The van der Waals surface area contributed by atoms with Crippen LogP contribution in [0.15, 0.2) is 29.3 Å². The van der Waals surface area contributed by atoms with E-state index < -0.39 is 0 Å². The first-order valence-corrected chi connectivity index (χ1v) is 9.17. The lowest BCUT2D eigenvalue weighted by Gasteiger charge is -2.37. The number of hydrogen-bond acceptors (Lipinski definition) is 4. The van der Waals surface area contributed by atoms with E-state index in [9.17, 15) is 4.79 Å². The molecule has 1 fully saturated rings. The molecule has 1 amide bonds. The molecule has 1 aromatic carbocycles. The standard InChI is InChI=1S/C19H31N5O2/c1-15(2)22-18(25)9-10-21-19(20-3)24-13-11-23(12-14-24)16-5-7-17(26-4)8-6-16/h5-8,15H,9-14H2,1-4H3,(H,20,21)(H,22,25). The summed E-state index contributed by atoms with van der Waals surface area (Å²) in [6, 6.07) is 8.34. The predicted octanol–water partition coefficient (Wildman–Crippen LogP) is 1.31. The van der Waals surface area contributed by atoms with Crippen molar-refractivity contribution in [3.63, 3.8) is 0 Å². The van der Waals surface area contributed by atoms with Crippen LogP contribution in [0.3, 0.4) is 0 Å². The average Bonchev–Trinajstić information content (AvgIpc) is 2.65. The van der Waals surface area contributed by atoms with Crippen LogP contribution in [0.5, 0.6) is 5.75 Å². The molecule has 1 saturated heterocycles. The Balaban J connectivity index is 1.78. The number of carbonyl (C=O) groups is 1. The van der Waals surface area contributed by atoms with Gasteiger partial charge in [0.25, 0.3) is 0 Å². The summed E-state index contributed by atoms with van der Waals surface area (Å²) < 4.78 is 5.22. The van der Waals surface area contributed by atoms with Gasteiger partial charge in [-0.05, 0) is 38.1 Å². The summed E-state index contributed by atoms with van der Waals surface area (Å²) in [6.45, 7) is 8.17. The van der Waals surface area contributed by atoms with Gasteiger partial charge in [0.2, 0.25) is 5.91 Å². The van der Waals surface area contributed by atoms with E-state index in [0.717, 1.165) is 37.9 Å². The van der Waals surface area contributed by atoms with Gasteiger partial charge in [-0.15, -0.1) is 0 Å². The lowest BCUT2D eigenvalue weighted by Crippen LogP contribution is -2.53. The van der Waals surface area contributed by atoms with E-state index in [1.807, 2.05) is 26.0 Å². The lowest BCUT2D eigenvalue weighted by molar-refractivity contribution is -0.121. The van der Waals surface area contributed by atoms with Gasteiger partial charge >= 0.3 is 0 Å². The summed E-state index contributed by atoms with van der Waals surface area (Å²) in [4.78, 5) is 20.7. The highest BCUT2D eigenvalue weighted by Gasteiger charge is 2.20. The molecule has 7 nitrogen and oxygen atoms in total. The fraction of sp³-hybridized carbons (Fsp3) is 0.579. The van der Waals surface area contributed by atoms with E-state index in [4.69, 9.17) is 4.74 Å². The summed E-state index contributed by atoms with van der Waals surface area (Å²) >= 11 is 0. The number of nitrogens with zero attached hydrogens (tertiary/aromatic N) is 3. The summed E-state index contributed by atoms with van der Waals surface area (Å²) in [5, 5.41) is 6.19. The lowest BCUT2D eigenvalue weighted by atomic mass is 10.2. The number of rotatable bonds is 6. The first-order valence-electron chi connectivity index (χ1n) is 9.17. The third kappa shape index (κ3) is 5.82. The summed E-state index contributed by atoms with van der Waals surface area (Å²) in [7, 11) is 3.46. The Kier molecular flexibility index (Phi) is 7.56. The van der Waals surface area contributed by atoms with E-state index >= 15 is 0 Å². The van der Waals surface area contributed by atoms with Crippen LogP contribution >= 0.6 is 0 Å². The fourth-order valence-electron chi connectivity index (χ4n) is 2.98. The maximum Gasteiger partial charge on any atom is 0.221 e. The first-order chi connectivity index (χ1) is 12.5. The monoisotopic (exact) mass is 361 g/mol. The van der Waals surface area contributed by atoms with E-state index in [1.54, 1.807) is 14.2 Å². The van der Waals surface area contributed by atoms with Gasteiger partial charge in [-0.3, -0.25) is 9.79 Å². The largest absolute Gasteiger partial charge is 0.497 e. The van der Waals surface area contributed by atoms with E-state index in [0.29, 0.717) is 13.0 Å². The van der Waals surface area contributed by atoms with Crippen molar-refractivity contribution in [3.8, 4) is 5.75 Å². The minimum absolute atomic E-state index is 0.0623. The number of amides is 1. The van der Waals surface area contributed by atoms with Crippen LogP contribution in [-0.2, 0) is 4.79 Å². The molecule has 144 valence electrons. The zero-order valence-electron chi connectivity index (χ0n) is 16.3. The number of methoxy groups -OCH3 is 1. The molecule has 0 radical (unpaired) electrons. The Morgan fingerprint density at radius 1 is 1.19 bits per heavy atom. The van der Waals surface area contributed by atoms with Crippen LogP contribution in [0.2, 0.25) is 0 Å². The smallest absolute Gasteiger partial charge is 0.221 e. The van der Waals surface area contributed by atoms with Crippen molar-refractivity contribution >= 4 is 17.6 Å². The zero-order valence-corrected chi connectivity index (χ0v) is 16.3. The molecule has 26 heavy (non-hydrogen) atoms. The number of nitrogens with one attached hydrogen (secondary N) is 2. The molecule has 1 heterocycles. The number of benzene rings is 1. The highest BCUT2D eigenvalue weighted by Crippen LogP contribution is 2.20. The molecule has 1 aromatic rings. The van der Waals surface area contributed by atoms with Crippen LogP contribution in [-0.4, -0.2) is 69.7 Å². The molecular formula is C19H31N5O2. The quantitative estimate of drug-likeness (QED) is 0.591. The Morgan fingerprint density at radius 3 is 2.38 bits per heavy atom. The second kappa shape index (κ2) is 9.89. The molecule has 1 aliphatic rings. The molecule has 1 aliphatic heterocycles. The number of hydrogen-bond donors (Lipinski definition) is 2. The molecule has 2 N–H and O–H groups in total. The summed E-state index contributed by atoms with van der Waals surface area (Å²) in [6.07, 6.45) is 0.447. The topological polar surface area (TPSA) is 69.2 Å². The molecular weight excluding hydrogens is 330 g/mol. The highest BCUT2D eigenvalue weighted by atomic mass is 16.5. The SMILES string of the molecule is CN=C(NCCC(=O)NC(C)C)N1CCN(c2ccc(OC)cc2)CC1. The van der Waals surface area contributed by atoms with Crippen LogP contribution in [0.4, 0.5) is 5.69 Å². The van der Waals surface area contributed by atoms with Gasteiger partial charge < -0.3 is 25.2 Å². The van der Waals surface area contributed by atoms with Crippen LogP contribution in [0, 0.1) is 0 Å². The number of anilines is 1. The van der Waals surface area contributed by atoms with E-state index in [-0.39, 0.29) is 11.9 Å². The highest BCUT2D eigenvalue weighted by molar-refractivity contribution is 5.81. The summed E-state index contributed by atoms with van der Waals surface area (Å²) in [5.41, 5.74) is 1.21. The van der Waals surface area contributed by atoms with Crippen molar-refractivity contribution in [1.82, 2.24) is 15.5 Å². The van der Waals surface area contributed by atoms with Crippen molar-refractivity contribution in [3.05, 3.63) is 24.3 Å². The third-order valence-corrected chi connectivity index (χ3v) is 4.31. The Morgan fingerprint density at radius 2 is 1.85 bits per heavy atom. The average molecular weight is 361 g/mol. The van der Waals surface area contributed by atoms with Gasteiger partial charge in [0.05, 0.1) is 7.11 Å². The van der Waals surface area contributed by atoms with Gasteiger partial charge in [-0.25, -0.2) is 0 Å². The van der Waals surface area contributed by atoms with Crippen LogP contribution < -0.4 is 20.3 Å². The maximum atomic E-state index is 11.7. The van der Waals surface area contributed by atoms with Crippen molar-refractivity contribution < 1.29 is 9.53 Å². The number of guanidine groups is 1. The Labute approximate surface area is 156 Å². The molecule has 0 spiro atoms. The fourth-order valence-corrected chi connectivity index (χ4v) is 2.98. The van der Waals surface area contributed by atoms with E-state index in [1.165, 1.54) is 5.69 Å². The van der Waals surface area contributed by atoms with Crippen molar-refractivity contribution in [1.29, 1.82) is 0 Å². The Hall–Kier alpha value is -2.44. The maximum absolute atomic E-state index is 11.7. The Bertz CT molecular complexity index is 592. The predicted molar refractivity (Wildman–Crippen MR) is 106 cm³/mol. The minimum Gasteiger partial charge on any atom is -0.497 e. The summed E-state index contributed by atoms with van der Waals surface area (Å²) in [5.74, 6) is 1.79. The van der Waals surface area contributed by atoms with Gasteiger partial charge in [-0.2, -0.15) is 0 Å². The van der Waals surface area contributed by atoms with Gasteiger partial charge in [0.15, 0.2) is 5.96 Å². The third-order valence-electron chi connectivity index (χ3n) is 4.31. The molecule has 2 rings (SSSR count). The molecule has 0 bridgehead atoms.